The molecule has 1 saturated heterocycles. The molecule has 2 rings (SSSR count). The van der Waals surface area contributed by atoms with E-state index in [1.165, 1.54) is 18.6 Å². The van der Waals surface area contributed by atoms with Gasteiger partial charge in [0.15, 0.2) is 6.61 Å². The van der Waals surface area contributed by atoms with E-state index in [2.05, 4.69) is 5.32 Å². The Morgan fingerprint density at radius 2 is 1.54 bits per heavy atom. The van der Waals surface area contributed by atoms with E-state index in [9.17, 15) is 14.4 Å². The number of rotatable bonds is 4. The highest BCUT2D eigenvalue weighted by molar-refractivity contribution is 5.92. The van der Waals surface area contributed by atoms with Gasteiger partial charge in [-0.1, -0.05) is 19.3 Å². The van der Waals surface area contributed by atoms with E-state index in [4.69, 9.17) is 9.47 Å². The summed E-state index contributed by atoms with van der Waals surface area (Å²) in [6, 6.07) is 6.24. The fourth-order valence-electron chi connectivity index (χ4n) is 2.91. The molecule has 2 amide bonds. The van der Waals surface area contributed by atoms with E-state index in [0.29, 0.717) is 11.3 Å². The molecule has 0 atom stereocenters. The maximum absolute atomic E-state index is 12.3. The second-order valence-electron chi connectivity index (χ2n) is 7.93. The Bertz CT molecular complexity index is 671. The van der Waals surface area contributed by atoms with E-state index in [0.717, 1.165) is 38.8 Å². The zero-order valence-electron chi connectivity index (χ0n) is 17.0. The molecule has 1 aliphatic rings. The second kappa shape index (κ2) is 10.1. The van der Waals surface area contributed by atoms with Crippen molar-refractivity contribution in [2.75, 3.05) is 25.0 Å². The minimum Gasteiger partial charge on any atom is -0.452 e. The van der Waals surface area contributed by atoms with Gasteiger partial charge >= 0.3 is 12.1 Å². The lowest BCUT2D eigenvalue weighted by Crippen LogP contribution is -2.36. The number of anilines is 1. The number of carbonyl (C=O) groups is 3. The highest BCUT2D eigenvalue weighted by atomic mass is 16.6. The van der Waals surface area contributed by atoms with Crippen LogP contribution in [0.1, 0.15) is 63.2 Å². The monoisotopic (exact) mass is 390 g/mol. The lowest BCUT2D eigenvalue weighted by molar-refractivity contribution is -0.134. The molecular weight excluding hydrogens is 360 g/mol. The topological polar surface area (TPSA) is 84.9 Å². The van der Waals surface area contributed by atoms with Gasteiger partial charge in [-0.15, -0.1) is 0 Å². The number of ether oxygens (including phenoxy) is 2. The van der Waals surface area contributed by atoms with Crippen molar-refractivity contribution in [2.45, 2.75) is 58.5 Å². The van der Waals surface area contributed by atoms with Crippen LogP contribution in [0.15, 0.2) is 24.3 Å². The van der Waals surface area contributed by atoms with Crippen LogP contribution in [0, 0.1) is 0 Å². The summed E-state index contributed by atoms with van der Waals surface area (Å²) in [5, 5.41) is 2.59. The third kappa shape index (κ3) is 7.58. The predicted octanol–water partition coefficient (Wildman–Crippen LogP) is 3.98. The number of likely N-dealkylation sites (tertiary alicyclic amines) is 1. The van der Waals surface area contributed by atoms with Crippen molar-refractivity contribution in [3.63, 3.8) is 0 Å². The molecule has 1 heterocycles. The van der Waals surface area contributed by atoms with Crippen molar-refractivity contribution >= 4 is 23.7 Å². The van der Waals surface area contributed by atoms with Gasteiger partial charge in [-0.3, -0.25) is 10.1 Å². The molecule has 0 saturated carbocycles. The number of carbonyl (C=O) groups excluding carboxylic acids is 3. The third-order valence-corrected chi connectivity index (χ3v) is 4.30. The number of hydrogen-bond donors (Lipinski definition) is 1. The maximum atomic E-state index is 12.3. The van der Waals surface area contributed by atoms with Crippen LogP contribution < -0.4 is 5.32 Å². The molecule has 1 aliphatic heterocycles. The smallest absolute Gasteiger partial charge is 0.412 e. The average molecular weight is 390 g/mol. The van der Waals surface area contributed by atoms with Gasteiger partial charge in [0.05, 0.1) is 5.56 Å². The fourth-order valence-corrected chi connectivity index (χ4v) is 2.91. The van der Waals surface area contributed by atoms with E-state index in [1.54, 1.807) is 37.8 Å². The molecule has 1 aromatic rings. The van der Waals surface area contributed by atoms with Crippen LogP contribution in [0.4, 0.5) is 10.5 Å². The Kier molecular flexibility index (Phi) is 7.84. The summed E-state index contributed by atoms with van der Waals surface area (Å²) in [4.78, 5) is 38.0. The van der Waals surface area contributed by atoms with Gasteiger partial charge < -0.3 is 14.4 Å². The quantitative estimate of drug-likeness (QED) is 0.786. The van der Waals surface area contributed by atoms with Crippen LogP contribution in [0.2, 0.25) is 0 Å². The molecule has 0 aliphatic carbocycles. The molecule has 0 aromatic heterocycles. The van der Waals surface area contributed by atoms with Crippen molar-refractivity contribution in [1.29, 1.82) is 0 Å². The van der Waals surface area contributed by atoms with Crippen molar-refractivity contribution < 1.29 is 23.9 Å². The second-order valence-corrected chi connectivity index (χ2v) is 7.93. The van der Waals surface area contributed by atoms with Crippen molar-refractivity contribution in [3.8, 4) is 0 Å². The minimum atomic E-state index is -0.590. The number of nitrogens with zero attached hydrogens (tertiary/aromatic N) is 1. The van der Waals surface area contributed by atoms with Gasteiger partial charge in [-0.2, -0.15) is 0 Å². The highest BCUT2D eigenvalue weighted by Crippen LogP contribution is 2.14. The Labute approximate surface area is 166 Å². The van der Waals surface area contributed by atoms with E-state index >= 15 is 0 Å². The van der Waals surface area contributed by atoms with Crippen molar-refractivity contribution in [2.24, 2.45) is 0 Å². The first-order valence-corrected chi connectivity index (χ1v) is 9.79. The van der Waals surface area contributed by atoms with E-state index in [-0.39, 0.29) is 12.5 Å². The summed E-state index contributed by atoms with van der Waals surface area (Å²) in [6.45, 7) is 6.53. The molecular formula is C21H30N2O5. The van der Waals surface area contributed by atoms with Crippen LogP contribution in [0.3, 0.4) is 0 Å². The molecule has 1 aromatic carbocycles. The van der Waals surface area contributed by atoms with Crippen LogP contribution in [0.25, 0.3) is 0 Å². The van der Waals surface area contributed by atoms with Gasteiger partial charge in [0, 0.05) is 18.8 Å². The largest absolute Gasteiger partial charge is 0.452 e. The summed E-state index contributed by atoms with van der Waals surface area (Å²) >= 11 is 0. The van der Waals surface area contributed by atoms with Gasteiger partial charge in [0.2, 0.25) is 0 Å². The van der Waals surface area contributed by atoms with Crippen LogP contribution in [-0.4, -0.2) is 48.2 Å². The Morgan fingerprint density at radius 3 is 2.11 bits per heavy atom. The first kappa shape index (κ1) is 21.7. The van der Waals surface area contributed by atoms with Crippen LogP contribution in [-0.2, 0) is 14.3 Å². The molecule has 28 heavy (non-hydrogen) atoms. The summed E-state index contributed by atoms with van der Waals surface area (Å²) in [5.74, 6) is -0.720. The van der Waals surface area contributed by atoms with Gasteiger partial charge in [0.25, 0.3) is 5.91 Å². The zero-order chi connectivity index (χ0) is 20.6. The molecule has 0 radical (unpaired) electrons. The van der Waals surface area contributed by atoms with E-state index < -0.39 is 17.7 Å². The first-order valence-electron chi connectivity index (χ1n) is 9.79. The lowest BCUT2D eigenvalue weighted by Gasteiger charge is -2.24. The lowest BCUT2D eigenvalue weighted by atomic mass is 10.1. The number of benzene rings is 1. The predicted molar refractivity (Wildman–Crippen MR) is 106 cm³/mol. The summed E-state index contributed by atoms with van der Waals surface area (Å²) in [6.07, 6.45) is 4.90. The summed E-state index contributed by atoms with van der Waals surface area (Å²) in [7, 11) is 0. The Morgan fingerprint density at radius 1 is 0.964 bits per heavy atom. The van der Waals surface area contributed by atoms with Crippen LogP contribution in [0.5, 0.6) is 0 Å². The molecule has 0 bridgehead atoms. The molecule has 1 N–H and O–H groups in total. The normalized spacial score (nSPS) is 15.2. The van der Waals surface area contributed by atoms with Crippen molar-refractivity contribution in [1.82, 2.24) is 4.90 Å². The molecule has 154 valence electrons. The number of esters is 1. The Hall–Kier alpha value is -2.57. The number of hydrogen-bond acceptors (Lipinski definition) is 5. The zero-order valence-corrected chi connectivity index (χ0v) is 17.0. The number of nitrogens with one attached hydrogen (secondary N) is 1. The SMILES string of the molecule is CC(C)(C)OC(=O)Nc1ccc(C(=O)OCC(=O)N2CCCCCCC2)cc1. The van der Waals surface area contributed by atoms with Gasteiger partial charge in [-0.25, -0.2) is 9.59 Å². The van der Waals surface area contributed by atoms with E-state index in [1.807, 2.05) is 0 Å². The maximum Gasteiger partial charge on any atom is 0.412 e. The van der Waals surface area contributed by atoms with Crippen LogP contribution >= 0.6 is 0 Å². The first-order chi connectivity index (χ1) is 13.2. The van der Waals surface area contributed by atoms with Gasteiger partial charge in [-0.05, 0) is 57.9 Å². The van der Waals surface area contributed by atoms with Gasteiger partial charge in [0.1, 0.15) is 5.60 Å². The molecule has 7 heteroatoms. The molecule has 1 fully saturated rings. The molecule has 7 nitrogen and oxygen atoms in total. The molecule has 0 spiro atoms. The van der Waals surface area contributed by atoms with Crippen molar-refractivity contribution in [3.05, 3.63) is 29.8 Å². The number of amides is 2. The fraction of sp³-hybridized carbons (Fsp3) is 0.571. The summed E-state index contributed by atoms with van der Waals surface area (Å²) in [5.41, 5.74) is 0.227. The summed E-state index contributed by atoms with van der Waals surface area (Å²) < 4.78 is 10.3. The molecule has 0 unspecified atom stereocenters. The average Bonchev–Trinajstić information content (AvgIpc) is 2.58. The Balaban J connectivity index is 1.82. The standard InChI is InChI=1S/C21H30N2O5/c1-21(2,3)28-20(26)22-17-11-9-16(10-12-17)19(25)27-15-18(24)23-13-7-5-4-6-8-14-23/h9-12H,4-8,13-15H2,1-3H3,(H,22,26). The highest BCUT2D eigenvalue weighted by Gasteiger charge is 2.18. The third-order valence-electron chi connectivity index (χ3n) is 4.30. The minimum absolute atomic E-state index is 0.154.